The third-order valence-corrected chi connectivity index (χ3v) is 4.51. The zero-order valence-corrected chi connectivity index (χ0v) is 14.3. The zero-order chi connectivity index (χ0) is 16.2. The fraction of sp³-hybridized carbons (Fsp3) is 0.400. The van der Waals surface area contributed by atoms with Crippen LogP contribution in [0.2, 0.25) is 0 Å². The van der Waals surface area contributed by atoms with E-state index < -0.39 is 0 Å². The lowest BCUT2D eigenvalue weighted by molar-refractivity contribution is 0.198. The molecule has 1 aliphatic rings. The molecule has 1 N–H and O–H groups in total. The molecule has 122 valence electrons. The molecule has 1 aliphatic heterocycles. The number of nitrogens with zero attached hydrogens (tertiary/aromatic N) is 1. The molecule has 3 heteroatoms. The highest BCUT2D eigenvalue weighted by molar-refractivity contribution is 5.39. The van der Waals surface area contributed by atoms with E-state index in [0.717, 1.165) is 31.9 Å². The summed E-state index contributed by atoms with van der Waals surface area (Å²) >= 11 is 0. The van der Waals surface area contributed by atoms with Crippen LogP contribution in [0.3, 0.4) is 0 Å². The van der Waals surface area contributed by atoms with Crippen LogP contribution in [0.25, 0.3) is 0 Å². The maximum Gasteiger partial charge on any atom is 0.118 e. The summed E-state index contributed by atoms with van der Waals surface area (Å²) in [6.07, 6.45) is 0. The van der Waals surface area contributed by atoms with Crippen molar-refractivity contribution in [3.05, 3.63) is 64.7 Å². The Kier molecular flexibility index (Phi) is 4.99. The molecule has 0 saturated carbocycles. The maximum absolute atomic E-state index is 5.31. The van der Waals surface area contributed by atoms with Crippen molar-refractivity contribution < 1.29 is 4.74 Å². The van der Waals surface area contributed by atoms with Crippen LogP contribution in [0.1, 0.15) is 28.3 Å². The molecule has 0 aromatic heterocycles. The van der Waals surface area contributed by atoms with E-state index in [-0.39, 0.29) is 0 Å². The van der Waals surface area contributed by atoms with Gasteiger partial charge in [-0.05, 0) is 37.1 Å². The molecule has 1 saturated heterocycles. The van der Waals surface area contributed by atoms with Gasteiger partial charge in [-0.2, -0.15) is 0 Å². The molecular weight excluding hydrogens is 284 g/mol. The summed E-state index contributed by atoms with van der Waals surface area (Å²) in [4.78, 5) is 2.58. The minimum Gasteiger partial charge on any atom is -0.497 e. The Morgan fingerprint density at radius 1 is 0.913 bits per heavy atom. The molecule has 0 radical (unpaired) electrons. The summed E-state index contributed by atoms with van der Waals surface area (Å²) in [6, 6.07) is 15.7. The van der Waals surface area contributed by atoms with Crippen molar-refractivity contribution in [3.8, 4) is 5.75 Å². The van der Waals surface area contributed by atoms with Crippen molar-refractivity contribution in [1.82, 2.24) is 10.2 Å². The second kappa shape index (κ2) is 7.16. The number of aryl methyl sites for hydroxylation is 2. The highest BCUT2D eigenvalue weighted by Crippen LogP contribution is 2.31. The molecule has 0 aliphatic carbocycles. The number of hydrogen-bond donors (Lipinski definition) is 1. The van der Waals surface area contributed by atoms with E-state index in [1.807, 2.05) is 0 Å². The second-order valence-electron chi connectivity index (χ2n) is 6.38. The number of rotatable bonds is 4. The Labute approximate surface area is 139 Å². The van der Waals surface area contributed by atoms with Crippen LogP contribution in [0, 0.1) is 13.8 Å². The minimum absolute atomic E-state index is 0.307. The normalized spacial score (nSPS) is 17.0. The average molecular weight is 310 g/mol. The van der Waals surface area contributed by atoms with Crippen molar-refractivity contribution in [3.63, 3.8) is 0 Å². The van der Waals surface area contributed by atoms with Crippen molar-refractivity contribution in [1.29, 1.82) is 0 Å². The SMILES string of the molecule is COc1ccc(C(c2cc(C)cc(C)c2)N2CCNCC2)cc1. The molecule has 1 atom stereocenters. The maximum atomic E-state index is 5.31. The Morgan fingerprint density at radius 3 is 2.09 bits per heavy atom. The number of hydrogen-bond acceptors (Lipinski definition) is 3. The average Bonchev–Trinajstić information content (AvgIpc) is 2.56. The Bertz CT molecular complexity index is 625. The van der Waals surface area contributed by atoms with Crippen LogP contribution >= 0.6 is 0 Å². The highest BCUT2D eigenvalue weighted by Gasteiger charge is 2.24. The van der Waals surface area contributed by atoms with E-state index in [1.54, 1.807) is 7.11 Å². The second-order valence-corrected chi connectivity index (χ2v) is 6.38. The minimum atomic E-state index is 0.307. The molecule has 2 aromatic rings. The lowest BCUT2D eigenvalue weighted by Gasteiger charge is -2.36. The van der Waals surface area contributed by atoms with E-state index in [2.05, 4.69) is 66.5 Å². The molecule has 23 heavy (non-hydrogen) atoms. The molecule has 0 bridgehead atoms. The monoisotopic (exact) mass is 310 g/mol. The summed E-state index contributed by atoms with van der Waals surface area (Å²) in [7, 11) is 1.71. The summed E-state index contributed by atoms with van der Waals surface area (Å²) in [5, 5.41) is 3.45. The summed E-state index contributed by atoms with van der Waals surface area (Å²) in [5.41, 5.74) is 5.37. The van der Waals surface area contributed by atoms with E-state index >= 15 is 0 Å². The molecule has 1 fully saturated rings. The van der Waals surface area contributed by atoms with Gasteiger partial charge < -0.3 is 10.1 Å². The molecule has 0 spiro atoms. The van der Waals surface area contributed by atoms with Crippen LogP contribution in [0.4, 0.5) is 0 Å². The predicted octanol–water partition coefficient (Wildman–Crippen LogP) is 3.31. The number of piperazine rings is 1. The van der Waals surface area contributed by atoms with Gasteiger partial charge in [0.05, 0.1) is 13.2 Å². The van der Waals surface area contributed by atoms with Gasteiger partial charge in [0, 0.05) is 26.2 Å². The zero-order valence-electron chi connectivity index (χ0n) is 14.3. The van der Waals surface area contributed by atoms with Crippen LogP contribution < -0.4 is 10.1 Å². The van der Waals surface area contributed by atoms with Gasteiger partial charge in [-0.15, -0.1) is 0 Å². The number of benzene rings is 2. The first-order valence-electron chi connectivity index (χ1n) is 8.34. The van der Waals surface area contributed by atoms with Crippen molar-refractivity contribution in [2.24, 2.45) is 0 Å². The molecule has 0 amide bonds. The van der Waals surface area contributed by atoms with E-state index in [0.29, 0.717) is 6.04 Å². The molecule has 3 nitrogen and oxygen atoms in total. The van der Waals surface area contributed by atoms with Gasteiger partial charge in [0.1, 0.15) is 5.75 Å². The van der Waals surface area contributed by atoms with Gasteiger partial charge in [0.15, 0.2) is 0 Å². The molecule has 3 rings (SSSR count). The summed E-state index contributed by atoms with van der Waals surface area (Å²) in [5.74, 6) is 0.910. The Morgan fingerprint density at radius 2 is 1.52 bits per heavy atom. The first-order chi connectivity index (χ1) is 11.2. The van der Waals surface area contributed by atoms with E-state index in [9.17, 15) is 0 Å². The quantitative estimate of drug-likeness (QED) is 0.938. The van der Waals surface area contributed by atoms with Crippen molar-refractivity contribution in [2.45, 2.75) is 19.9 Å². The van der Waals surface area contributed by atoms with Crippen LogP contribution in [0.5, 0.6) is 5.75 Å². The van der Waals surface area contributed by atoms with Gasteiger partial charge in [-0.3, -0.25) is 4.90 Å². The summed E-state index contributed by atoms with van der Waals surface area (Å²) in [6.45, 7) is 8.61. The van der Waals surface area contributed by atoms with Gasteiger partial charge in [0.2, 0.25) is 0 Å². The summed E-state index contributed by atoms with van der Waals surface area (Å²) < 4.78 is 5.31. The smallest absolute Gasteiger partial charge is 0.118 e. The predicted molar refractivity (Wildman–Crippen MR) is 95.2 cm³/mol. The first kappa shape index (κ1) is 16.0. The number of nitrogens with one attached hydrogen (secondary N) is 1. The number of methoxy groups -OCH3 is 1. The molecule has 2 aromatic carbocycles. The fourth-order valence-electron chi connectivity index (χ4n) is 3.51. The lowest BCUT2D eigenvalue weighted by Crippen LogP contribution is -2.45. The highest BCUT2D eigenvalue weighted by atomic mass is 16.5. The van der Waals surface area contributed by atoms with Crippen LogP contribution in [-0.2, 0) is 0 Å². The van der Waals surface area contributed by atoms with Gasteiger partial charge in [-0.1, -0.05) is 41.5 Å². The van der Waals surface area contributed by atoms with Crippen molar-refractivity contribution in [2.75, 3.05) is 33.3 Å². The van der Waals surface area contributed by atoms with Gasteiger partial charge in [-0.25, -0.2) is 0 Å². The molecular formula is C20H26N2O. The van der Waals surface area contributed by atoms with E-state index in [4.69, 9.17) is 4.74 Å². The van der Waals surface area contributed by atoms with E-state index in [1.165, 1.54) is 22.3 Å². The third kappa shape index (κ3) is 3.74. The topological polar surface area (TPSA) is 24.5 Å². The first-order valence-corrected chi connectivity index (χ1v) is 8.34. The standard InChI is InChI=1S/C20H26N2O/c1-15-12-16(2)14-18(13-15)20(22-10-8-21-9-11-22)17-4-6-19(23-3)7-5-17/h4-7,12-14,20-21H,8-11H2,1-3H3. The van der Waals surface area contributed by atoms with Gasteiger partial charge >= 0.3 is 0 Å². The third-order valence-electron chi connectivity index (χ3n) is 4.51. The lowest BCUT2D eigenvalue weighted by atomic mass is 9.93. The Balaban J connectivity index is 2.01. The molecule has 1 unspecified atom stereocenters. The van der Waals surface area contributed by atoms with Gasteiger partial charge in [0.25, 0.3) is 0 Å². The number of ether oxygens (including phenoxy) is 1. The Hall–Kier alpha value is -1.84. The van der Waals surface area contributed by atoms with Crippen LogP contribution in [-0.4, -0.2) is 38.2 Å². The molecule has 1 heterocycles. The van der Waals surface area contributed by atoms with Crippen LogP contribution in [0.15, 0.2) is 42.5 Å². The fourth-order valence-corrected chi connectivity index (χ4v) is 3.51. The van der Waals surface area contributed by atoms with Crippen molar-refractivity contribution >= 4 is 0 Å². The largest absolute Gasteiger partial charge is 0.497 e.